The van der Waals surface area contributed by atoms with Gasteiger partial charge in [0, 0.05) is 19.2 Å². The van der Waals surface area contributed by atoms with Crippen LogP contribution < -0.4 is 10.5 Å². The Morgan fingerprint density at radius 3 is 2.72 bits per heavy atom. The second-order valence-corrected chi connectivity index (χ2v) is 6.58. The first-order valence-electron chi connectivity index (χ1n) is 5.53. The summed E-state index contributed by atoms with van der Waals surface area (Å²) in [6.45, 7) is 1.24. The molecule has 1 aromatic heterocycles. The molecule has 5 heteroatoms. The van der Waals surface area contributed by atoms with Crippen molar-refractivity contribution in [2.45, 2.75) is 13.0 Å². The fourth-order valence-corrected chi connectivity index (χ4v) is 3.38. The molecule has 0 fully saturated rings. The molecule has 1 aromatic carbocycles. The Bertz CT molecular complexity index is 527. The highest BCUT2D eigenvalue weighted by Gasteiger charge is 2.03. The smallest absolute Gasteiger partial charge is 0.122 e. The van der Waals surface area contributed by atoms with Crippen LogP contribution in [-0.2, 0) is 13.0 Å². The molecule has 2 N–H and O–H groups in total. The highest BCUT2D eigenvalue weighted by atomic mass is 79.9. The Hall–Kier alpha value is -0.360. The zero-order valence-corrected chi connectivity index (χ0v) is 13.6. The molecule has 0 bridgehead atoms. The van der Waals surface area contributed by atoms with E-state index in [1.165, 1.54) is 10.4 Å². The van der Waals surface area contributed by atoms with Gasteiger partial charge in [-0.05, 0) is 58.7 Å². The lowest BCUT2D eigenvalue weighted by Crippen LogP contribution is -2.03. The normalized spacial score (nSPS) is 10.6. The van der Waals surface area contributed by atoms with E-state index < -0.39 is 0 Å². The van der Waals surface area contributed by atoms with Crippen LogP contribution in [0.3, 0.4) is 0 Å². The molecule has 0 saturated heterocycles. The van der Waals surface area contributed by atoms with Crippen LogP contribution in [0.5, 0.6) is 5.75 Å². The van der Waals surface area contributed by atoms with Crippen LogP contribution in [0.25, 0.3) is 0 Å². The number of halogens is 2. The molecule has 2 aromatic rings. The molecule has 0 spiro atoms. The van der Waals surface area contributed by atoms with E-state index in [1.54, 1.807) is 11.3 Å². The van der Waals surface area contributed by atoms with Crippen LogP contribution in [0, 0.1) is 0 Å². The minimum atomic E-state index is 0.597. The summed E-state index contributed by atoms with van der Waals surface area (Å²) in [6, 6.07) is 8.08. The van der Waals surface area contributed by atoms with Gasteiger partial charge in [-0.1, -0.05) is 15.9 Å². The van der Waals surface area contributed by atoms with Crippen LogP contribution in [-0.4, -0.2) is 6.54 Å². The van der Waals surface area contributed by atoms with Crippen molar-refractivity contribution in [3.05, 3.63) is 49.0 Å². The maximum absolute atomic E-state index is 5.78. The lowest BCUT2D eigenvalue weighted by molar-refractivity contribution is 0.309. The molecule has 96 valence electrons. The summed E-state index contributed by atoms with van der Waals surface area (Å²) in [5, 5.41) is 2.06. The van der Waals surface area contributed by atoms with Crippen LogP contribution in [0.4, 0.5) is 0 Å². The molecule has 0 aliphatic carbocycles. The quantitative estimate of drug-likeness (QED) is 0.823. The molecule has 2 rings (SSSR count). The third kappa shape index (κ3) is 3.82. The summed E-state index contributed by atoms with van der Waals surface area (Å²) in [4.78, 5) is 1.20. The molecular formula is C13H13Br2NOS. The molecule has 18 heavy (non-hydrogen) atoms. The maximum Gasteiger partial charge on any atom is 0.122 e. The van der Waals surface area contributed by atoms with Gasteiger partial charge in [-0.25, -0.2) is 0 Å². The summed E-state index contributed by atoms with van der Waals surface area (Å²) in [5.41, 5.74) is 6.76. The van der Waals surface area contributed by atoms with Gasteiger partial charge in [0.15, 0.2) is 0 Å². The number of ether oxygens (including phenoxy) is 1. The van der Waals surface area contributed by atoms with Gasteiger partial charge in [-0.2, -0.15) is 0 Å². The minimum absolute atomic E-state index is 0.597. The Labute approximate surface area is 127 Å². The molecule has 0 aliphatic heterocycles. The lowest BCUT2D eigenvalue weighted by Gasteiger charge is -2.08. The standard InChI is InChI=1S/C13H13Br2NOS/c14-10-6-12(18-8-10)7-17-11-1-2-13(15)9(5-11)3-4-16/h1-2,5-6,8H,3-4,7,16H2. The molecule has 0 unspecified atom stereocenters. The first-order chi connectivity index (χ1) is 8.69. The second kappa shape index (κ2) is 6.70. The van der Waals surface area contributed by atoms with E-state index in [9.17, 15) is 0 Å². The van der Waals surface area contributed by atoms with Crippen molar-refractivity contribution in [3.63, 3.8) is 0 Å². The predicted octanol–water partition coefficient (Wildman–Crippen LogP) is 4.35. The van der Waals surface area contributed by atoms with Crippen molar-refractivity contribution in [3.8, 4) is 5.75 Å². The van der Waals surface area contributed by atoms with E-state index in [4.69, 9.17) is 10.5 Å². The fourth-order valence-electron chi connectivity index (χ4n) is 1.57. The number of rotatable bonds is 5. The van der Waals surface area contributed by atoms with Gasteiger partial charge in [0.2, 0.25) is 0 Å². The molecular weight excluding hydrogens is 378 g/mol. The molecule has 0 amide bonds. The topological polar surface area (TPSA) is 35.2 Å². The number of benzene rings is 1. The van der Waals surface area contributed by atoms with Crippen molar-refractivity contribution in [1.29, 1.82) is 0 Å². The van der Waals surface area contributed by atoms with E-state index in [-0.39, 0.29) is 0 Å². The first kappa shape index (κ1) is 14.1. The van der Waals surface area contributed by atoms with Crippen LogP contribution in [0.1, 0.15) is 10.4 Å². The van der Waals surface area contributed by atoms with Gasteiger partial charge < -0.3 is 10.5 Å². The highest BCUT2D eigenvalue weighted by molar-refractivity contribution is 9.10. The van der Waals surface area contributed by atoms with Crippen molar-refractivity contribution < 1.29 is 4.74 Å². The van der Waals surface area contributed by atoms with Gasteiger partial charge >= 0.3 is 0 Å². The summed E-state index contributed by atoms with van der Waals surface area (Å²) in [7, 11) is 0. The molecule has 0 aliphatic rings. The Morgan fingerprint density at radius 2 is 2.06 bits per heavy atom. The summed E-state index contributed by atoms with van der Waals surface area (Å²) in [6.07, 6.45) is 0.850. The number of thiophene rings is 1. The Morgan fingerprint density at radius 1 is 1.22 bits per heavy atom. The zero-order chi connectivity index (χ0) is 13.0. The van der Waals surface area contributed by atoms with Gasteiger partial charge in [-0.15, -0.1) is 11.3 Å². The first-order valence-corrected chi connectivity index (χ1v) is 8.00. The molecule has 2 nitrogen and oxygen atoms in total. The minimum Gasteiger partial charge on any atom is -0.488 e. The van der Waals surface area contributed by atoms with Crippen LogP contribution in [0.15, 0.2) is 38.6 Å². The lowest BCUT2D eigenvalue weighted by atomic mass is 10.1. The Balaban J connectivity index is 2.03. The summed E-state index contributed by atoms with van der Waals surface area (Å²) >= 11 is 8.64. The third-order valence-electron chi connectivity index (χ3n) is 2.43. The third-order valence-corrected chi connectivity index (χ3v) is 4.88. The molecule has 0 saturated carbocycles. The average molecular weight is 391 g/mol. The monoisotopic (exact) mass is 389 g/mol. The zero-order valence-electron chi connectivity index (χ0n) is 9.66. The number of nitrogens with two attached hydrogens (primary N) is 1. The van der Waals surface area contributed by atoms with E-state index in [0.29, 0.717) is 13.2 Å². The van der Waals surface area contributed by atoms with Gasteiger partial charge in [0.25, 0.3) is 0 Å². The van der Waals surface area contributed by atoms with Gasteiger partial charge in [0.05, 0.1) is 0 Å². The largest absolute Gasteiger partial charge is 0.488 e. The van der Waals surface area contributed by atoms with Crippen LogP contribution >= 0.6 is 43.2 Å². The number of hydrogen-bond acceptors (Lipinski definition) is 3. The van der Waals surface area contributed by atoms with Crippen molar-refractivity contribution >= 4 is 43.2 Å². The predicted molar refractivity (Wildman–Crippen MR) is 83.3 cm³/mol. The van der Waals surface area contributed by atoms with E-state index in [2.05, 4.69) is 43.3 Å². The maximum atomic E-state index is 5.78. The van der Waals surface area contributed by atoms with Crippen molar-refractivity contribution in [2.75, 3.05) is 6.54 Å². The van der Waals surface area contributed by atoms with Crippen molar-refractivity contribution in [2.24, 2.45) is 5.73 Å². The number of hydrogen-bond donors (Lipinski definition) is 1. The second-order valence-electron chi connectivity index (χ2n) is 3.81. The molecule has 0 atom stereocenters. The van der Waals surface area contributed by atoms with Gasteiger partial charge in [-0.3, -0.25) is 0 Å². The SMILES string of the molecule is NCCc1cc(OCc2cc(Br)cs2)ccc1Br. The van der Waals surface area contributed by atoms with Gasteiger partial charge in [0.1, 0.15) is 12.4 Å². The summed E-state index contributed by atoms with van der Waals surface area (Å²) < 4.78 is 7.96. The van der Waals surface area contributed by atoms with E-state index >= 15 is 0 Å². The van der Waals surface area contributed by atoms with Crippen molar-refractivity contribution in [1.82, 2.24) is 0 Å². The average Bonchev–Trinajstić information content (AvgIpc) is 2.76. The van der Waals surface area contributed by atoms with E-state index in [1.807, 2.05) is 18.2 Å². The molecule has 0 radical (unpaired) electrons. The summed E-state index contributed by atoms with van der Waals surface area (Å²) in [5.74, 6) is 0.881. The van der Waals surface area contributed by atoms with Crippen LogP contribution in [0.2, 0.25) is 0 Å². The fraction of sp³-hybridized carbons (Fsp3) is 0.231. The highest BCUT2D eigenvalue weighted by Crippen LogP contribution is 2.25. The molecule has 1 heterocycles. The Kier molecular flexibility index (Phi) is 5.24. The van der Waals surface area contributed by atoms with E-state index in [0.717, 1.165) is 21.1 Å².